The molecule has 5 nitrogen and oxygen atoms in total. The van der Waals surface area contributed by atoms with Gasteiger partial charge in [-0.2, -0.15) is 0 Å². The Morgan fingerprint density at radius 2 is 1.87 bits per heavy atom. The lowest BCUT2D eigenvalue weighted by molar-refractivity contribution is -0.137. The maximum absolute atomic E-state index is 12.9. The van der Waals surface area contributed by atoms with Gasteiger partial charge in [0.05, 0.1) is 18.1 Å². The van der Waals surface area contributed by atoms with Crippen LogP contribution in [0.25, 0.3) is 0 Å². The largest absolute Gasteiger partial charge is 0.466 e. The number of benzene rings is 2. The van der Waals surface area contributed by atoms with Gasteiger partial charge in [-0.25, -0.2) is 4.79 Å². The summed E-state index contributed by atoms with van der Waals surface area (Å²) in [6.45, 7) is 3.32. The Kier molecular flexibility index (Phi) is 4.51. The average molecular weight is 402 g/mol. The van der Waals surface area contributed by atoms with Gasteiger partial charge in [-0.15, -0.1) is 0 Å². The zero-order valence-electron chi connectivity index (χ0n) is 17.4. The molecule has 154 valence electrons. The Morgan fingerprint density at radius 3 is 2.60 bits per heavy atom. The van der Waals surface area contributed by atoms with Crippen LogP contribution in [0.4, 0.5) is 5.69 Å². The van der Waals surface area contributed by atoms with E-state index >= 15 is 0 Å². The van der Waals surface area contributed by atoms with Crippen LogP contribution < -0.4 is 5.32 Å². The number of carbonyl (C=O) groups excluding carboxylic acids is 2. The molecule has 2 aliphatic heterocycles. The van der Waals surface area contributed by atoms with Crippen molar-refractivity contribution in [1.29, 1.82) is 0 Å². The summed E-state index contributed by atoms with van der Waals surface area (Å²) in [5.74, 6) is -0.456. The van der Waals surface area contributed by atoms with Crippen molar-refractivity contribution < 1.29 is 14.3 Å². The van der Waals surface area contributed by atoms with Crippen LogP contribution in [0.15, 0.2) is 65.9 Å². The van der Waals surface area contributed by atoms with Gasteiger partial charge in [0.15, 0.2) is 0 Å². The highest BCUT2D eigenvalue weighted by molar-refractivity contribution is 5.95. The molecule has 0 radical (unpaired) electrons. The molecule has 3 atom stereocenters. The molecule has 1 N–H and O–H groups in total. The number of ketones is 1. The number of Topliss-reactive ketones (excluding diaryl/α,β-unsaturated/α-hetero) is 1. The molecule has 2 aromatic carbocycles. The van der Waals surface area contributed by atoms with Crippen LogP contribution in [0.5, 0.6) is 0 Å². The second-order valence-corrected chi connectivity index (χ2v) is 8.56. The van der Waals surface area contributed by atoms with Crippen molar-refractivity contribution in [1.82, 2.24) is 4.90 Å². The molecular formula is C25H26N2O3. The Balaban J connectivity index is 1.68. The van der Waals surface area contributed by atoms with E-state index < -0.39 is 0 Å². The molecule has 5 rings (SSSR count). The molecule has 30 heavy (non-hydrogen) atoms. The highest BCUT2D eigenvalue weighted by Crippen LogP contribution is 2.59. The first-order valence-corrected chi connectivity index (χ1v) is 10.5. The highest BCUT2D eigenvalue weighted by atomic mass is 16.5. The molecule has 5 heteroatoms. The monoisotopic (exact) mass is 402 g/mol. The fraction of sp³-hybridized carbons (Fsp3) is 0.360. The Labute approximate surface area is 176 Å². The lowest BCUT2D eigenvalue weighted by Gasteiger charge is -2.45. The van der Waals surface area contributed by atoms with Crippen molar-refractivity contribution in [3.8, 4) is 0 Å². The summed E-state index contributed by atoms with van der Waals surface area (Å²) in [6.07, 6.45) is 1.28. The summed E-state index contributed by atoms with van der Waals surface area (Å²) in [5.41, 5.74) is 4.63. The minimum absolute atomic E-state index is 0.00904. The fourth-order valence-electron chi connectivity index (χ4n) is 5.89. The molecule has 1 spiro atoms. The number of anilines is 1. The van der Waals surface area contributed by atoms with Crippen molar-refractivity contribution in [2.75, 3.05) is 19.0 Å². The maximum Gasteiger partial charge on any atom is 0.335 e. The number of likely N-dealkylation sites (tertiary alicyclic amines) is 1. The Morgan fingerprint density at radius 1 is 1.13 bits per heavy atom. The molecule has 1 aliphatic carbocycles. The topological polar surface area (TPSA) is 58.6 Å². The maximum atomic E-state index is 12.9. The number of hydrogen-bond acceptors (Lipinski definition) is 5. The molecule has 1 fully saturated rings. The van der Waals surface area contributed by atoms with Crippen LogP contribution >= 0.6 is 0 Å². The molecule has 2 aromatic rings. The first-order chi connectivity index (χ1) is 14.6. The van der Waals surface area contributed by atoms with Gasteiger partial charge in [-0.05, 0) is 37.0 Å². The Bertz CT molecular complexity index is 1050. The van der Waals surface area contributed by atoms with Gasteiger partial charge < -0.3 is 10.1 Å². The normalized spacial score (nSPS) is 27.1. The average Bonchev–Trinajstić information content (AvgIpc) is 3.30. The number of methoxy groups -OCH3 is 1. The predicted octanol–water partition coefficient (Wildman–Crippen LogP) is 3.66. The van der Waals surface area contributed by atoms with Gasteiger partial charge >= 0.3 is 5.97 Å². The van der Waals surface area contributed by atoms with Crippen molar-refractivity contribution in [2.24, 2.45) is 5.92 Å². The molecule has 0 saturated carbocycles. The standard InChI is InChI=1S/C25H26N2O3/c1-16(28)18-14-19(24(29)30-2)22-25(20-10-6-7-11-21(20)26-22)12-13-27(23(18)25)15-17-8-4-3-5-9-17/h3-11,18,23,26H,12-15H2,1-2H3/t18-,23-,25-/m0/s1. The molecule has 0 aromatic heterocycles. The van der Waals surface area contributed by atoms with E-state index in [1.165, 1.54) is 18.2 Å². The van der Waals surface area contributed by atoms with Gasteiger partial charge in [-0.3, -0.25) is 9.69 Å². The quantitative estimate of drug-likeness (QED) is 0.791. The minimum Gasteiger partial charge on any atom is -0.466 e. The SMILES string of the molecule is COC(=O)C1=C2Nc3ccccc3[C@@]23CCN(Cc2ccccc2)[C@H]3[C@H](C(C)=O)C1. The number of esters is 1. The van der Waals surface area contributed by atoms with E-state index in [9.17, 15) is 9.59 Å². The molecule has 0 bridgehead atoms. The van der Waals surface area contributed by atoms with Crippen LogP contribution in [-0.4, -0.2) is 36.3 Å². The van der Waals surface area contributed by atoms with E-state index in [1.807, 2.05) is 18.2 Å². The smallest absolute Gasteiger partial charge is 0.335 e. The number of rotatable bonds is 4. The third-order valence-corrected chi connectivity index (χ3v) is 7.09. The third kappa shape index (κ3) is 2.65. The number of ether oxygens (including phenoxy) is 1. The van der Waals surface area contributed by atoms with E-state index in [1.54, 1.807) is 6.92 Å². The second kappa shape index (κ2) is 7.10. The number of para-hydroxylation sites is 1. The first kappa shape index (κ1) is 19.1. The minimum atomic E-state index is -0.385. The van der Waals surface area contributed by atoms with E-state index in [0.717, 1.165) is 30.9 Å². The zero-order chi connectivity index (χ0) is 20.9. The molecule has 0 amide bonds. The van der Waals surface area contributed by atoms with E-state index in [0.29, 0.717) is 12.0 Å². The van der Waals surface area contributed by atoms with Gasteiger partial charge in [0.25, 0.3) is 0 Å². The van der Waals surface area contributed by atoms with Crippen molar-refractivity contribution in [3.05, 3.63) is 77.0 Å². The number of hydrogen-bond donors (Lipinski definition) is 1. The summed E-state index contributed by atoms with van der Waals surface area (Å²) >= 11 is 0. The number of nitrogens with one attached hydrogen (secondary N) is 1. The summed E-state index contributed by atoms with van der Waals surface area (Å²) in [5, 5.41) is 3.55. The van der Waals surface area contributed by atoms with Crippen LogP contribution in [0.2, 0.25) is 0 Å². The van der Waals surface area contributed by atoms with Crippen molar-refractivity contribution in [3.63, 3.8) is 0 Å². The molecular weight excluding hydrogens is 376 g/mol. The van der Waals surface area contributed by atoms with Crippen LogP contribution in [-0.2, 0) is 26.3 Å². The second-order valence-electron chi connectivity index (χ2n) is 8.56. The molecule has 3 aliphatic rings. The van der Waals surface area contributed by atoms with Gasteiger partial charge in [0.2, 0.25) is 0 Å². The lowest BCUT2D eigenvalue weighted by Crippen LogP contribution is -2.53. The third-order valence-electron chi connectivity index (χ3n) is 7.09. The van der Waals surface area contributed by atoms with Gasteiger partial charge in [-0.1, -0.05) is 48.5 Å². The molecule has 0 unspecified atom stereocenters. The Hall–Kier alpha value is -2.92. The highest BCUT2D eigenvalue weighted by Gasteiger charge is 2.61. The predicted molar refractivity (Wildman–Crippen MR) is 115 cm³/mol. The molecule has 2 heterocycles. The summed E-state index contributed by atoms with van der Waals surface area (Å²) in [4.78, 5) is 28.1. The number of fused-ring (bicyclic) bond motifs is 1. The van der Waals surface area contributed by atoms with E-state index in [2.05, 4.69) is 46.6 Å². The number of nitrogens with zero attached hydrogens (tertiary/aromatic N) is 1. The fourth-order valence-corrected chi connectivity index (χ4v) is 5.89. The lowest BCUT2D eigenvalue weighted by atomic mass is 9.62. The van der Waals surface area contributed by atoms with E-state index in [-0.39, 0.29) is 29.1 Å². The van der Waals surface area contributed by atoms with E-state index in [4.69, 9.17) is 4.74 Å². The van der Waals surface area contributed by atoms with Gasteiger partial charge in [0.1, 0.15) is 5.78 Å². The zero-order valence-corrected chi connectivity index (χ0v) is 17.4. The first-order valence-electron chi connectivity index (χ1n) is 10.5. The van der Waals surface area contributed by atoms with Crippen LogP contribution in [0, 0.1) is 5.92 Å². The van der Waals surface area contributed by atoms with Crippen LogP contribution in [0.3, 0.4) is 0 Å². The van der Waals surface area contributed by atoms with Crippen molar-refractivity contribution >= 4 is 17.4 Å². The summed E-state index contributed by atoms with van der Waals surface area (Å²) in [7, 11) is 1.41. The summed E-state index contributed by atoms with van der Waals surface area (Å²) in [6, 6.07) is 18.7. The van der Waals surface area contributed by atoms with Crippen LogP contribution in [0.1, 0.15) is 30.9 Å². The summed E-state index contributed by atoms with van der Waals surface area (Å²) < 4.78 is 5.13. The number of carbonyl (C=O) groups is 2. The molecule has 1 saturated heterocycles. The van der Waals surface area contributed by atoms with Crippen molar-refractivity contribution in [2.45, 2.75) is 37.8 Å². The van der Waals surface area contributed by atoms with Gasteiger partial charge in [0, 0.05) is 36.4 Å².